The van der Waals surface area contributed by atoms with Crippen LogP contribution in [-0.2, 0) is 15.8 Å². The van der Waals surface area contributed by atoms with Gasteiger partial charge in [-0.2, -0.15) is 18.2 Å². The van der Waals surface area contributed by atoms with Crippen LogP contribution in [-0.4, -0.2) is 59.0 Å². The Hall–Kier alpha value is -4.55. The van der Waals surface area contributed by atoms with E-state index in [-0.39, 0.29) is 23.8 Å². The van der Waals surface area contributed by atoms with Crippen LogP contribution in [0.4, 0.5) is 47.7 Å². The number of carbonyl (C=O) groups is 2. The van der Waals surface area contributed by atoms with Gasteiger partial charge in [-0.05, 0) is 30.3 Å². The fourth-order valence-electron chi connectivity index (χ4n) is 4.62. The average molecular weight is 542 g/mol. The lowest BCUT2D eigenvalue weighted by Crippen LogP contribution is -2.58. The third kappa shape index (κ3) is 5.81. The zero-order valence-electron chi connectivity index (χ0n) is 21.2. The Balaban J connectivity index is 1.37. The van der Waals surface area contributed by atoms with Crippen LogP contribution in [0, 0.1) is 0 Å². The van der Waals surface area contributed by atoms with Crippen molar-refractivity contribution in [2.24, 2.45) is 0 Å². The van der Waals surface area contributed by atoms with Crippen LogP contribution >= 0.6 is 0 Å². The first kappa shape index (κ1) is 26.1. The van der Waals surface area contributed by atoms with E-state index in [1.807, 2.05) is 6.07 Å². The smallest absolute Gasteiger partial charge is 0.421 e. The maximum Gasteiger partial charge on any atom is 0.421 e. The van der Waals surface area contributed by atoms with Gasteiger partial charge < -0.3 is 30.5 Å². The number of fused-ring (bicyclic) bond motifs is 3. The largest absolute Gasteiger partial charge is 0.489 e. The van der Waals surface area contributed by atoms with E-state index in [4.69, 9.17) is 4.74 Å². The first-order valence-electron chi connectivity index (χ1n) is 12.2. The molecule has 3 heterocycles. The number of hydrogen-bond acceptors (Lipinski definition) is 8. The summed E-state index contributed by atoms with van der Waals surface area (Å²) in [5, 5.41) is 8.23. The molecule has 0 spiro atoms. The highest BCUT2D eigenvalue weighted by atomic mass is 19.4. The zero-order valence-corrected chi connectivity index (χ0v) is 21.2. The van der Waals surface area contributed by atoms with E-state index in [9.17, 15) is 22.8 Å². The summed E-state index contributed by atoms with van der Waals surface area (Å²) in [4.78, 5) is 35.1. The van der Waals surface area contributed by atoms with Gasteiger partial charge in [0, 0.05) is 62.8 Å². The molecule has 3 N–H and O–H groups in total. The number of hydrogen-bond donors (Lipinski definition) is 3. The molecular formula is C26H26F3N7O3. The maximum absolute atomic E-state index is 13.7. The van der Waals surface area contributed by atoms with Crippen molar-refractivity contribution in [3.05, 3.63) is 54.2 Å². The molecule has 13 heteroatoms. The molecule has 10 nitrogen and oxygen atoms in total. The number of alkyl halides is 3. The van der Waals surface area contributed by atoms with Crippen molar-refractivity contribution >= 4 is 46.3 Å². The summed E-state index contributed by atoms with van der Waals surface area (Å²) >= 11 is 0. The Kier molecular flexibility index (Phi) is 6.89. The van der Waals surface area contributed by atoms with Gasteiger partial charge in [0.1, 0.15) is 23.7 Å². The van der Waals surface area contributed by atoms with E-state index < -0.39 is 17.6 Å². The SMILES string of the molecule is CC(=O)Nc1cccc(Nc2nc(Nc3ccc4c(c3)OC[C@@H]3CN(C(C)=O)CCN43)ncc2C(F)(F)F)c1. The fraction of sp³-hybridized carbons (Fsp3) is 0.308. The van der Waals surface area contributed by atoms with Crippen molar-refractivity contribution < 1.29 is 27.5 Å². The molecule has 1 fully saturated rings. The number of nitrogens with one attached hydrogen (secondary N) is 3. The van der Waals surface area contributed by atoms with Gasteiger partial charge in [0.2, 0.25) is 17.8 Å². The third-order valence-electron chi connectivity index (χ3n) is 6.42. The van der Waals surface area contributed by atoms with Crippen LogP contribution in [0.1, 0.15) is 19.4 Å². The number of aromatic nitrogens is 2. The molecule has 1 saturated heterocycles. The lowest BCUT2D eigenvalue weighted by molar-refractivity contribution is -0.137. The highest BCUT2D eigenvalue weighted by Gasteiger charge is 2.36. The van der Waals surface area contributed by atoms with Crippen LogP contribution in [0.2, 0.25) is 0 Å². The molecular weight excluding hydrogens is 515 g/mol. The highest BCUT2D eigenvalue weighted by Crippen LogP contribution is 2.39. The van der Waals surface area contributed by atoms with E-state index in [0.717, 1.165) is 5.69 Å². The van der Waals surface area contributed by atoms with Crippen LogP contribution in [0.15, 0.2) is 48.7 Å². The summed E-state index contributed by atoms with van der Waals surface area (Å²) in [5.74, 6) is -0.148. The standard InChI is InChI=1S/C26H26F3N7O3/c1-15(37)31-17-4-3-5-18(10-17)32-24-21(26(27,28)29)12-30-25(34-24)33-19-6-7-22-23(11-19)39-14-20-13-35(16(2)38)8-9-36(20)22/h3-7,10-12,20H,8-9,13-14H2,1-2H3,(H,31,37)(H2,30,32,33,34)/t20-/m0/s1. The summed E-state index contributed by atoms with van der Waals surface area (Å²) < 4.78 is 47.1. The first-order valence-corrected chi connectivity index (χ1v) is 12.2. The van der Waals surface area contributed by atoms with Crippen LogP contribution < -0.4 is 25.6 Å². The van der Waals surface area contributed by atoms with Gasteiger partial charge >= 0.3 is 6.18 Å². The molecule has 0 unspecified atom stereocenters. The molecule has 5 rings (SSSR count). The predicted octanol–water partition coefficient (Wildman–Crippen LogP) is 4.37. The fourth-order valence-corrected chi connectivity index (χ4v) is 4.62. The Morgan fingerprint density at radius 3 is 2.54 bits per heavy atom. The van der Waals surface area contributed by atoms with E-state index in [1.54, 1.807) is 42.2 Å². The van der Waals surface area contributed by atoms with Gasteiger partial charge in [-0.15, -0.1) is 0 Å². The molecule has 0 bridgehead atoms. The number of nitrogens with zero attached hydrogens (tertiary/aromatic N) is 4. The molecule has 1 atom stereocenters. The second kappa shape index (κ2) is 10.3. The summed E-state index contributed by atoms with van der Waals surface area (Å²) in [6.45, 7) is 5.17. The summed E-state index contributed by atoms with van der Waals surface area (Å²) in [5.41, 5.74) is 1.11. The van der Waals surface area contributed by atoms with E-state index in [0.29, 0.717) is 55.2 Å². The number of anilines is 6. The van der Waals surface area contributed by atoms with Crippen LogP contribution in [0.3, 0.4) is 0 Å². The normalized spacial score (nSPS) is 16.5. The summed E-state index contributed by atoms with van der Waals surface area (Å²) in [6.07, 6.45) is -3.98. The second-order valence-electron chi connectivity index (χ2n) is 9.27. The van der Waals surface area contributed by atoms with Gasteiger partial charge in [0.15, 0.2) is 0 Å². The molecule has 39 heavy (non-hydrogen) atoms. The van der Waals surface area contributed by atoms with Crippen molar-refractivity contribution in [1.29, 1.82) is 0 Å². The molecule has 2 aromatic carbocycles. The first-order chi connectivity index (χ1) is 18.6. The third-order valence-corrected chi connectivity index (χ3v) is 6.42. The van der Waals surface area contributed by atoms with E-state index >= 15 is 0 Å². The van der Waals surface area contributed by atoms with Gasteiger partial charge in [0.25, 0.3) is 0 Å². The topological polar surface area (TPSA) is 112 Å². The monoisotopic (exact) mass is 541 g/mol. The minimum absolute atomic E-state index is 0.0332. The lowest BCUT2D eigenvalue weighted by atomic mass is 10.1. The van der Waals surface area contributed by atoms with Crippen molar-refractivity contribution in [3.63, 3.8) is 0 Å². The number of rotatable bonds is 5. The average Bonchev–Trinajstić information content (AvgIpc) is 2.87. The minimum Gasteiger partial charge on any atom is -0.489 e. The highest BCUT2D eigenvalue weighted by molar-refractivity contribution is 5.89. The number of piperazine rings is 1. The molecule has 0 saturated carbocycles. The molecule has 3 aromatic rings. The van der Waals surface area contributed by atoms with Crippen LogP contribution in [0.5, 0.6) is 5.75 Å². The van der Waals surface area contributed by atoms with E-state index in [1.165, 1.54) is 13.0 Å². The number of amides is 2. The molecule has 204 valence electrons. The predicted molar refractivity (Wildman–Crippen MR) is 140 cm³/mol. The van der Waals surface area contributed by atoms with Crippen molar-refractivity contribution in [3.8, 4) is 5.75 Å². The molecule has 2 amide bonds. The van der Waals surface area contributed by atoms with Crippen LogP contribution in [0.25, 0.3) is 0 Å². The van der Waals surface area contributed by atoms with Gasteiger partial charge in [-0.3, -0.25) is 9.59 Å². The van der Waals surface area contributed by atoms with Crippen molar-refractivity contribution in [2.75, 3.05) is 47.1 Å². The Morgan fingerprint density at radius 2 is 1.79 bits per heavy atom. The molecule has 0 radical (unpaired) electrons. The number of ether oxygens (including phenoxy) is 1. The summed E-state index contributed by atoms with van der Waals surface area (Å²) in [6, 6.07) is 11.7. The van der Waals surface area contributed by atoms with E-state index in [2.05, 4.69) is 30.8 Å². The maximum atomic E-state index is 13.7. The summed E-state index contributed by atoms with van der Waals surface area (Å²) in [7, 11) is 0. The number of benzene rings is 2. The Morgan fingerprint density at radius 1 is 1.03 bits per heavy atom. The van der Waals surface area contributed by atoms with Gasteiger partial charge in [0.05, 0.1) is 11.7 Å². The zero-order chi connectivity index (χ0) is 27.7. The van der Waals surface area contributed by atoms with Gasteiger partial charge in [-0.25, -0.2) is 4.98 Å². The molecule has 2 aliphatic heterocycles. The minimum atomic E-state index is -4.70. The number of halogens is 3. The quantitative estimate of drug-likeness (QED) is 0.437. The second-order valence-corrected chi connectivity index (χ2v) is 9.27. The lowest BCUT2D eigenvalue weighted by Gasteiger charge is -2.45. The van der Waals surface area contributed by atoms with Crippen molar-refractivity contribution in [2.45, 2.75) is 26.1 Å². The number of carbonyl (C=O) groups excluding carboxylic acids is 2. The Labute approximate surface area is 222 Å². The Bertz CT molecular complexity index is 1420. The van der Waals surface area contributed by atoms with Crippen molar-refractivity contribution in [1.82, 2.24) is 14.9 Å². The van der Waals surface area contributed by atoms with Gasteiger partial charge in [-0.1, -0.05) is 6.07 Å². The molecule has 1 aromatic heterocycles. The molecule has 0 aliphatic carbocycles. The molecule has 2 aliphatic rings.